The van der Waals surface area contributed by atoms with Crippen molar-refractivity contribution < 1.29 is 19.1 Å². The van der Waals surface area contributed by atoms with Gasteiger partial charge in [0.05, 0.1) is 23.7 Å². The summed E-state index contributed by atoms with van der Waals surface area (Å²) in [5, 5.41) is 5.63. The van der Waals surface area contributed by atoms with Crippen LogP contribution in [0.3, 0.4) is 0 Å². The molecule has 1 amide bonds. The number of benzene rings is 3. The molecule has 8 heteroatoms. The smallest absolute Gasteiger partial charge is 0.338 e. The Morgan fingerprint density at radius 2 is 1.76 bits per heavy atom. The van der Waals surface area contributed by atoms with E-state index in [-0.39, 0.29) is 18.9 Å². The van der Waals surface area contributed by atoms with Gasteiger partial charge in [-0.3, -0.25) is 4.79 Å². The van der Waals surface area contributed by atoms with Crippen molar-refractivity contribution in [3.05, 3.63) is 137 Å². The van der Waals surface area contributed by atoms with E-state index >= 15 is 0 Å². The Bertz CT molecular complexity index is 1520. The minimum absolute atomic E-state index is 0.0818. The molecule has 2 aliphatic rings. The van der Waals surface area contributed by atoms with Crippen LogP contribution in [-0.4, -0.2) is 28.6 Å². The topological polar surface area (TPSA) is 80.2 Å². The van der Waals surface area contributed by atoms with Crippen LogP contribution in [-0.2, 0) is 27.5 Å². The highest BCUT2D eigenvalue weighted by Crippen LogP contribution is 2.45. The van der Waals surface area contributed by atoms with Crippen LogP contribution >= 0.6 is 11.8 Å². The van der Waals surface area contributed by atoms with E-state index in [1.165, 1.54) is 17.8 Å². The van der Waals surface area contributed by atoms with Crippen LogP contribution in [0, 0.1) is 0 Å². The summed E-state index contributed by atoms with van der Waals surface area (Å²) in [6, 6.07) is 26.8. The monoisotopic (exact) mass is 565 g/mol. The van der Waals surface area contributed by atoms with E-state index in [1.54, 1.807) is 0 Å². The third-order valence-electron chi connectivity index (χ3n) is 6.65. The van der Waals surface area contributed by atoms with Crippen LogP contribution in [0.1, 0.15) is 36.1 Å². The molecule has 1 unspecified atom stereocenters. The Labute approximate surface area is 244 Å². The molecule has 3 aromatic carbocycles. The number of nitrogens with one attached hydrogen (secondary N) is 1. The number of esters is 1. The van der Waals surface area contributed by atoms with Crippen LogP contribution < -0.4 is 10.1 Å². The van der Waals surface area contributed by atoms with Gasteiger partial charge in [-0.2, -0.15) is 0 Å². The first-order chi connectivity index (χ1) is 20.0. The zero-order chi connectivity index (χ0) is 28.6. The van der Waals surface area contributed by atoms with Crippen LogP contribution in [0.25, 0.3) is 0 Å². The van der Waals surface area contributed by atoms with Crippen molar-refractivity contribution in [2.45, 2.75) is 32.5 Å². The first-order valence-corrected chi connectivity index (χ1v) is 14.2. The van der Waals surface area contributed by atoms with Gasteiger partial charge in [0.15, 0.2) is 5.17 Å². The van der Waals surface area contributed by atoms with Gasteiger partial charge in [0.2, 0.25) is 5.91 Å². The lowest BCUT2D eigenvalue weighted by atomic mass is 9.93. The van der Waals surface area contributed by atoms with E-state index in [4.69, 9.17) is 14.5 Å². The normalized spacial score (nSPS) is 15.9. The minimum Gasteiger partial charge on any atom is -0.489 e. The molecule has 0 spiro atoms. The fraction of sp³-hybridized carbons (Fsp3) is 0.182. The molecule has 2 aliphatic heterocycles. The number of nitrogens with zero attached hydrogens (tertiary/aromatic N) is 2. The van der Waals surface area contributed by atoms with Crippen LogP contribution in [0.5, 0.6) is 5.75 Å². The van der Waals surface area contributed by atoms with E-state index in [0.29, 0.717) is 35.3 Å². The Morgan fingerprint density at radius 1 is 1.02 bits per heavy atom. The van der Waals surface area contributed by atoms with Gasteiger partial charge in [0.1, 0.15) is 19.0 Å². The van der Waals surface area contributed by atoms with E-state index in [9.17, 15) is 9.59 Å². The Kier molecular flexibility index (Phi) is 9.01. The van der Waals surface area contributed by atoms with E-state index in [1.807, 2.05) is 102 Å². The number of fused-ring (bicyclic) bond motifs is 1. The van der Waals surface area contributed by atoms with Crippen molar-refractivity contribution in [1.29, 1.82) is 0 Å². The summed E-state index contributed by atoms with van der Waals surface area (Å²) < 4.78 is 11.6. The van der Waals surface area contributed by atoms with Gasteiger partial charge in [-0.15, -0.1) is 0 Å². The van der Waals surface area contributed by atoms with Crippen LogP contribution in [0.2, 0.25) is 0 Å². The van der Waals surface area contributed by atoms with Crippen LogP contribution in [0.15, 0.2) is 125 Å². The second kappa shape index (κ2) is 13.2. The molecule has 3 aromatic rings. The number of hydrogen-bond donors (Lipinski definition) is 1. The summed E-state index contributed by atoms with van der Waals surface area (Å²) in [4.78, 5) is 33.1. The zero-order valence-corrected chi connectivity index (χ0v) is 23.6. The molecule has 0 saturated carbocycles. The largest absolute Gasteiger partial charge is 0.489 e. The third-order valence-corrected chi connectivity index (χ3v) is 7.54. The van der Waals surface area contributed by atoms with Crippen molar-refractivity contribution >= 4 is 28.8 Å². The average molecular weight is 566 g/mol. The number of carbonyl (C=O) groups excluding carboxylic acids is 2. The van der Waals surface area contributed by atoms with Crippen molar-refractivity contribution in [3.63, 3.8) is 0 Å². The predicted molar refractivity (Wildman–Crippen MR) is 162 cm³/mol. The quantitative estimate of drug-likeness (QED) is 0.218. The minimum atomic E-state index is -0.553. The maximum absolute atomic E-state index is 13.4. The van der Waals surface area contributed by atoms with E-state index in [0.717, 1.165) is 22.4 Å². The van der Waals surface area contributed by atoms with Gasteiger partial charge in [-0.25, -0.2) is 9.79 Å². The van der Waals surface area contributed by atoms with E-state index < -0.39 is 12.0 Å². The Morgan fingerprint density at radius 3 is 2.49 bits per heavy atom. The SMILES string of the molecule is C=CCOC(=O)C1=C(C)N=C2SC=C(CC(=O)NCc3ccccc3)N2C1c1cccc(OCc2ccccc2)c1. The molecule has 0 aromatic heterocycles. The summed E-state index contributed by atoms with van der Waals surface area (Å²) in [7, 11) is 0. The number of allylic oxidation sites excluding steroid dienone is 1. The highest BCUT2D eigenvalue weighted by Gasteiger charge is 2.41. The molecule has 5 rings (SSSR count). The summed E-state index contributed by atoms with van der Waals surface area (Å²) >= 11 is 1.44. The zero-order valence-electron chi connectivity index (χ0n) is 22.8. The van der Waals surface area contributed by atoms with Crippen molar-refractivity contribution in [1.82, 2.24) is 10.2 Å². The number of rotatable bonds is 11. The number of ether oxygens (including phenoxy) is 2. The molecule has 0 saturated heterocycles. The highest BCUT2D eigenvalue weighted by atomic mass is 32.2. The van der Waals surface area contributed by atoms with Crippen molar-refractivity contribution in [2.24, 2.45) is 4.99 Å². The summed E-state index contributed by atoms with van der Waals surface area (Å²) in [5.41, 5.74) is 4.63. The van der Waals surface area contributed by atoms with Crippen molar-refractivity contribution in [2.75, 3.05) is 6.61 Å². The molecule has 1 atom stereocenters. The predicted octanol–water partition coefficient (Wildman–Crippen LogP) is 6.28. The van der Waals surface area contributed by atoms with Gasteiger partial charge < -0.3 is 19.7 Å². The maximum atomic E-state index is 13.4. The first-order valence-electron chi connectivity index (χ1n) is 13.3. The third kappa shape index (κ3) is 6.78. The van der Waals surface area contributed by atoms with E-state index in [2.05, 4.69) is 11.9 Å². The molecule has 208 valence electrons. The lowest BCUT2D eigenvalue weighted by Crippen LogP contribution is -2.38. The number of amidine groups is 1. The summed E-state index contributed by atoms with van der Waals surface area (Å²) in [6.07, 6.45) is 1.67. The molecule has 0 bridgehead atoms. The number of aliphatic imine (C=N–C) groups is 1. The molecule has 1 N–H and O–H groups in total. The van der Waals surface area contributed by atoms with Crippen LogP contribution in [0.4, 0.5) is 0 Å². The average Bonchev–Trinajstić information content (AvgIpc) is 3.39. The van der Waals surface area contributed by atoms with Gasteiger partial charge in [-0.1, -0.05) is 97.2 Å². The number of amides is 1. The summed E-state index contributed by atoms with van der Waals surface area (Å²) in [5.74, 6) is 0.0724. The fourth-order valence-electron chi connectivity index (χ4n) is 4.70. The molecule has 0 aliphatic carbocycles. The number of hydrogen-bond acceptors (Lipinski definition) is 7. The van der Waals surface area contributed by atoms with Gasteiger partial charge in [-0.05, 0) is 41.2 Å². The number of carbonyl (C=O) groups is 2. The molecular formula is C33H31N3O4S. The standard InChI is InChI=1S/C33H31N3O4S/c1-3-17-39-32(38)30-23(2)35-33-36(27(22-41-33)19-29(37)34-20-24-11-6-4-7-12-24)31(30)26-15-10-16-28(18-26)40-21-25-13-8-5-9-14-25/h3-16,18,22,31H,1,17,19-21H2,2H3,(H,34,37). The molecule has 41 heavy (non-hydrogen) atoms. The highest BCUT2D eigenvalue weighted by molar-refractivity contribution is 8.16. The Hall–Kier alpha value is -4.56. The number of thioether (sulfide) groups is 1. The van der Waals surface area contributed by atoms with Gasteiger partial charge >= 0.3 is 5.97 Å². The summed E-state index contributed by atoms with van der Waals surface area (Å²) in [6.45, 7) is 6.40. The van der Waals surface area contributed by atoms with Gasteiger partial charge in [0.25, 0.3) is 0 Å². The first kappa shape index (κ1) is 28.0. The molecule has 0 fully saturated rings. The second-order valence-electron chi connectivity index (χ2n) is 9.57. The van der Waals surface area contributed by atoms with Gasteiger partial charge in [0, 0.05) is 12.2 Å². The fourth-order valence-corrected chi connectivity index (χ4v) is 5.66. The lowest BCUT2D eigenvalue weighted by molar-refractivity contribution is -0.138. The molecule has 2 heterocycles. The maximum Gasteiger partial charge on any atom is 0.338 e. The Balaban J connectivity index is 1.42. The molecule has 7 nitrogen and oxygen atoms in total. The molecular weight excluding hydrogens is 534 g/mol. The van der Waals surface area contributed by atoms with Crippen molar-refractivity contribution in [3.8, 4) is 5.75 Å². The lowest BCUT2D eigenvalue weighted by Gasteiger charge is -2.36. The molecule has 0 radical (unpaired) electrons. The second-order valence-corrected chi connectivity index (χ2v) is 10.4.